The monoisotopic (exact) mass is 265 g/mol. The van der Waals surface area contributed by atoms with E-state index >= 15 is 0 Å². The first-order valence-corrected chi connectivity index (χ1v) is 8.80. The Kier molecular flexibility index (Phi) is 5.74. The van der Waals surface area contributed by atoms with E-state index in [0.29, 0.717) is 5.41 Å². The van der Waals surface area contributed by atoms with Gasteiger partial charge in [-0.2, -0.15) is 0 Å². The molecule has 2 saturated carbocycles. The zero-order valence-electron chi connectivity index (χ0n) is 13.5. The summed E-state index contributed by atoms with van der Waals surface area (Å²) in [4.78, 5) is 0. The number of hydrogen-bond acceptors (Lipinski definition) is 1. The van der Waals surface area contributed by atoms with E-state index in [2.05, 4.69) is 26.1 Å². The molecule has 112 valence electrons. The lowest BCUT2D eigenvalue weighted by atomic mass is 9.78. The number of rotatable bonds is 6. The van der Waals surface area contributed by atoms with Crippen LogP contribution in [0.5, 0.6) is 0 Å². The molecule has 0 aromatic rings. The average Bonchev–Trinajstić information content (AvgIpc) is 2.79. The van der Waals surface area contributed by atoms with E-state index in [1.807, 2.05) is 0 Å². The minimum atomic E-state index is 0.649. The van der Waals surface area contributed by atoms with Crippen molar-refractivity contribution in [1.82, 2.24) is 5.32 Å². The van der Waals surface area contributed by atoms with Gasteiger partial charge in [0, 0.05) is 6.54 Å². The van der Waals surface area contributed by atoms with Gasteiger partial charge < -0.3 is 5.32 Å². The summed E-state index contributed by atoms with van der Waals surface area (Å²) < 4.78 is 0. The third-order valence-corrected chi connectivity index (χ3v) is 5.57. The molecule has 0 saturated heterocycles. The van der Waals surface area contributed by atoms with Crippen molar-refractivity contribution in [3.63, 3.8) is 0 Å². The third kappa shape index (κ3) is 4.77. The van der Waals surface area contributed by atoms with Crippen LogP contribution in [0, 0.1) is 23.2 Å². The maximum atomic E-state index is 3.86. The summed E-state index contributed by atoms with van der Waals surface area (Å²) in [5.74, 6) is 2.81. The zero-order valence-corrected chi connectivity index (χ0v) is 13.5. The molecule has 1 nitrogen and oxygen atoms in total. The van der Waals surface area contributed by atoms with Gasteiger partial charge in [0.15, 0.2) is 0 Å². The van der Waals surface area contributed by atoms with Gasteiger partial charge in [-0.05, 0) is 61.8 Å². The van der Waals surface area contributed by atoms with Crippen molar-refractivity contribution in [3.05, 3.63) is 0 Å². The molecule has 19 heavy (non-hydrogen) atoms. The maximum absolute atomic E-state index is 3.86. The van der Waals surface area contributed by atoms with Crippen LogP contribution in [0.1, 0.15) is 78.6 Å². The molecule has 1 heteroatoms. The standard InChI is InChI=1S/C18H35N/c1-15(2)12-18(10-4-5-11-18)14-19-13-17-8-6-16(3)7-9-17/h15-17,19H,4-14H2,1-3H3. The van der Waals surface area contributed by atoms with E-state index in [9.17, 15) is 0 Å². The second kappa shape index (κ2) is 7.11. The van der Waals surface area contributed by atoms with Crippen LogP contribution in [-0.4, -0.2) is 13.1 Å². The second-order valence-corrected chi connectivity index (χ2v) is 8.06. The van der Waals surface area contributed by atoms with Gasteiger partial charge in [-0.25, -0.2) is 0 Å². The highest BCUT2D eigenvalue weighted by Crippen LogP contribution is 2.42. The summed E-state index contributed by atoms with van der Waals surface area (Å²) in [7, 11) is 0. The summed E-state index contributed by atoms with van der Waals surface area (Å²) in [6, 6.07) is 0. The lowest BCUT2D eigenvalue weighted by molar-refractivity contribution is 0.209. The fraction of sp³-hybridized carbons (Fsp3) is 1.00. The molecule has 2 fully saturated rings. The van der Waals surface area contributed by atoms with Crippen LogP contribution < -0.4 is 5.32 Å². The van der Waals surface area contributed by atoms with E-state index < -0.39 is 0 Å². The predicted molar refractivity (Wildman–Crippen MR) is 84.3 cm³/mol. The Morgan fingerprint density at radius 2 is 1.68 bits per heavy atom. The van der Waals surface area contributed by atoms with Crippen molar-refractivity contribution in [1.29, 1.82) is 0 Å². The van der Waals surface area contributed by atoms with Gasteiger partial charge in [-0.15, -0.1) is 0 Å². The molecular formula is C18H35N. The van der Waals surface area contributed by atoms with E-state index in [0.717, 1.165) is 17.8 Å². The molecule has 0 aromatic carbocycles. The fourth-order valence-electron chi connectivity index (χ4n) is 4.52. The van der Waals surface area contributed by atoms with Crippen LogP contribution in [0.2, 0.25) is 0 Å². The molecule has 0 aliphatic heterocycles. The topological polar surface area (TPSA) is 12.0 Å². The number of hydrogen-bond donors (Lipinski definition) is 1. The molecule has 0 amide bonds. The summed E-state index contributed by atoms with van der Waals surface area (Å²) in [5, 5.41) is 3.86. The van der Waals surface area contributed by atoms with E-state index in [4.69, 9.17) is 0 Å². The van der Waals surface area contributed by atoms with Crippen molar-refractivity contribution in [2.75, 3.05) is 13.1 Å². The van der Waals surface area contributed by atoms with E-state index in [1.54, 1.807) is 0 Å². The Labute approximate surface area is 120 Å². The van der Waals surface area contributed by atoms with E-state index in [-0.39, 0.29) is 0 Å². The van der Waals surface area contributed by atoms with Crippen molar-refractivity contribution < 1.29 is 0 Å². The minimum absolute atomic E-state index is 0.649. The van der Waals surface area contributed by atoms with Gasteiger partial charge in [0.05, 0.1) is 0 Å². The summed E-state index contributed by atoms with van der Waals surface area (Å²) in [6.07, 6.45) is 13.2. The smallest absolute Gasteiger partial charge is 0.000802 e. The molecule has 2 aliphatic carbocycles. The van der Waals surface area contributed by atoms with Crippen LogP contribution in [0.25, 0.3) is 0 Å². The molecule has 1 N–H and O–H groups in total. The van der Waals surface area contributed by atoms with Crippen molar-refractivity contribution >= 4 is 0 Å². The molecule has 0 spiro atoms. The predicted octanol–water partition coefficient (Wildman–Crippen LogP) is 5.01. The van der Waals surface area contributed by atoms with E-state index in [1.165, 1.54) is 70.9 Å². The molecule has 0 heterocycles. The highest BCUT2D eigenvalue weighted by atomic mass is 14.9. The Hall–Kier alpha value is -0.0400. The Morgan fingerprint density at radius 1 is 1.05 bits per heavy atom. The van der Waals surface area contributed by atoms with Crippen LogP contribution in [0.4, 0.5) is 0 Å². The summed E-state index contributed by atoms with van der Waals surface area (Å²) in [5.41, 5.74) is 0.649. The molecule has 0 bridgehead atoms. The quantitative estimate of drug-likeness (QED) is 0.712. The molecule has 0 unspecified atom stereocenters. The Bertz CT molecular complexity index is 244. The van der Waals surface area contributed by atoms with Gasteiger partial charge in [-0.1, -0.05) is 46.5 Å². The van der Waals surface area contributed by atoms with Crippen molar-refractivity contribution in [2.45, 2.75) is 78.6 Å². The molecule has 0 atom stereocenters. The molecule has 2 aliphatic rings. The molecular weight excluding hydrogens is 230 g/mol. The van der Waals surface area contributed by atoms with Gasteiger partial charge in [0.2, 0.25) is 0 Å². The first-order valence-electron chi connectivity index (χ1n) is 8.80. The highest BCUT2D eigenvalue weighted by Gasteiger charge is 2.34. The lowest BCUT2D eigenvalue weighted by Gasteiger charge is -2.33. The van der Waals surface area contributed by atoms with Crippen LogP contribution in [-0.2, 0) is 0 Å². The normalized spacial score (nSPS) is 30.9. The lowest BCUT2D eigenvalue weighted by Crippen LogP contribution is -2.36. The van der Waals surface area contributed by atoms with Crippen LogP contribution in [0.15, 0.2) is 0 Å². The molecule has 0 aromatic heterocycles. The molecule has 2 rings (SSSR count). The Morgan fingerprint density at radius 3 is 2.26 bits per heavy atom. The van der Waals surface area contributed by atoms with Crippen LogP contribution in [0.3, 0.4) is 0 Å². The van der Waals surface area contributed by atoms with Gasteiger partial charge in [-0.3, -0.25) is 0 Å². The first-order chi connectivity index (χ1) is 9.10. The number of nitrogens with one attached hydrogen (secondary N) is 1. The first kappa shape index (κ1) is 15.4. The zero-order chi connectivity index (χ0) is 13.7. The minimum Gasteiger partial charge on any atom is -0.316 e. The fourth-order valence-corrected chi connectivity index (χ4v) is 4.52. The summed E-state index contributed by atoms with van der Waals surface area (Å²) >= 11 is 0. The highest BCUT2D eigenvalue weighted by molar-refractivity contribution is 4.88. The van der Waals surface area contributed by atoms with Crippen LogP contribution >= 0.6 is 0 Å². The summed E-state index contributed by atoms with van der Waals surface area (Å²) in [6.45, 7) is 9.77. The SMILES string of the molecule is CC(C)CC1(CNCC2CCC(C)CC2)CCCC1. The van der Waals surface area contributed by atoms with Crippen molar-refractivity contribution in [2.24, 2.45) is 23.2 Å². The maximum Gasteiger partial charge on any atom is 0.000802 e. The molecule has 0 radical (unpaired) electrons. The van der Waals surface area contributed by atoms with Gasteiger partial charge in [0.1, 0.15) is 0 Å². The van der Waals surface area contributed by atoms with Gasteiger partial charge in [0.25, 0.3) is 0 Å². The Balaban J connectivity index is 1.70. The second-order valence-electron chi connectivity index (χ2n) is 8.06. The largest absolute Gasteiger partial charge is 0.316 e. The van der Waals surface area contributed by atoms with Crippen molar-refractivity contribution in [3.8, 4) is 0 Å². The third-order valence-electron chi connectivity index (χ3n) is 5.57. The van der Waals surface area contributed by atoms with Gasteiger partial charge >= 0.3 is 0 Å². The average molecular weight is 265 g/mol.